The molecule has 0 N–H and O–H groups in total. The molecule has 0 bridgehead atoms. The van der Waals surface area contributed by atoms with Gasteiger partial charge in [-0.3, -0.25) is 9.48 Å². The Morgan fingerprint density at radius 3 is 2.85 bits per heavy atom. The smallest absolute Gasteiger partial charge is 0.312 e. The number of ether oxygens (including phenoxy) is 2. The molecule has 0 radical (unpaired) electrons. The van der Waals surface area contributed by atoms with E-state index in [2.05, 4.69) is 15.7 Å². The van der Waals surface area contributed by atoms with Crippen molar-refractivity contribution in [1.29, 1.82) is 0 Å². The molecule has 3 heterocycles. The molecule has 1 aliphatic rings. The van der Waals surface area contributed by atoms with Gasteiger partial charge < -0.3 is 14.0 Å². The molecule has 0 aliphatic carbocycles. The van der Waals surface area contributed by atoms with E-state index in [0.29, 0.717) is 0 Å². The van der Waals surface area contributed by atoms with Gasteiger partial charge in [0.1, 0.15) is 18.2 Å². The van der Waals surface area contributed by atoms with E-state index in [1.165, 1.54) is 12.8 Å². The van der Waals surface area contributed by atoms with Crippen LogP contribution in [0.5, 0.6) is 5.75 Å². The summed E-state index contributed by atoms with van der Waals surface area (Å²) in [4.78, 5) is 17.3. The monoisotopic (exact) mass is 444 g/mol. The number of fused-ring (bicyclic) bond motifs is 3. The van der Waals surface area contributed by atoms with Crippen molar-refractivity contribution in [1.82, 2.24) is 19.3 Å². The topological polar surface area (TPSA) is 71.2 Å². The lowest BCUT2D eigenvalue weighted by atomic mass is 10.1. The van der Waals surface area contributed by atoms with Crippen molar-refractivity contribution in [3.8, 4) is 17.0 Å². The average Bonchev–Trinajstić information content (AvgIpc) is 3.37. The van der Waals surface area contributed by atoms with Crippen molar-refractivity contribution < 1.29 is 14.3 Å². The summed E-state index contributed by atoms with van der Waals surface area (Å²) in [6.07, 6.45) is 3.57. The van der Waals surface area contributed by atoms with Crippen LogP contribution in [0.1, 0.15) is 35.5 Å². The number of aryl methyl sites for hydroxylation is 4. The second-order valence-electron chi connectivity index (χ2n) is 8.65. The number of methoxy groups -OCH3 is 1. The number of benzene rings is 2. The fourth-order valence-electron chi connectivity index (χ4n) is 4.48. The van der Waals surface area contributed by atoms with Gasteiger partial charge in [0.2, 0.25) is 0 Å². The molecule has 1 aliphatic heterocycles. The molecule has 2 aromatic carbocycles. The van der Waals surface area contributed by atoms with Crippen molar-refractivity contribution in [3.05, 3.63) is 65.1 Å². The van der Waals surface area contributed by atoms with E-state index in [9.17, 15) is 4.79 Å². The number of esters is 1. The van der Waals surface area contributed by atoms with Crippen LogP contribution in [0.15, 0.2) is 42.5 Å². The van der Waals surface area contributed by atoms with Gasteiger partial charge in [-0.15, -0.1) is 0 Å². The van der Waals surface area contributed by atoms with Crippen molar-refractivity contribution in [2.24, 2.45) is 7.05 Å². The SMILES string of the molecule is COc1cc(C)ccc1-c1cc(CC(=O)OCc2ccc3c(c2)nc2n3CCCC2)n(C)n1. The van der Waals surface area contributed by atoms with Crippen LogP contribution >= 0.6 is 0 Å². The molecule has 0 unspecified atom stereocenters. The third-order valence-electron chi connectivity index (χ3n) is 6.26. The van der Waals surface area contributed by atoms with E-state index in [4.69, 9.17) is 14.5 Å². The average molecular weight is 445 g/mol. The van der Waals surface area contributed by atoms with Gasteiger partial charge in [-0.05, 0) is 61.2 Å². The molecule has 0 spiro atoms. The minimum absolute atomic E-state index is 0.151. The Hall–Kier alpha value is -3.61. The van der Waals surface area contributed by atoms with Crippen molar-refractivity contribution >= 4 is 17.0 Å². The first kappa shape index (κ1) is 21.2. The maximum Gasteiger partial charge on any atom is 0.312 e. The lowest BCUT2D eigenvalue weighted by molar-refractivity contribution is -0.144. The molecule has 0 atom stereocenters. The van der Waals surface area contributed by atoms with Gasteiger partial charge >= 0.3 is 5.97 Å². The number of imidazole rings is 1. The highest BCUT2D eigenvalue weighted by Gasteiger charge is 2.17. The minimum Gasteiger partial charge on any atom is -0.496 e. The van der Waals surface area contributed by atoms with Gasteiger partial charge in [-0.2, -0.15) is 5.10 Å². The lowest BCUT2D eigenvalue weighted by Crippen LogP contribution is -2.11. The van der Waals surface area contributed by atoms with Crippen LogP contribution in [-0.2, 0) is 42.6 Å². The number of nitrogens with zero attached hydrogens (tertiary/aromatic N) is 4. The summed E-state index contributed by atoms with van der Waals surface area (Å²) in [6.45, 7) is 3.28. The van der Waals surface area contributed by atoms with Crippen LogP contribution in [0.4, 0.5) is 0 Å². The number of carbonyl (C=O) groups is 1. The molecular weight excluding hydrogens is 416 g/mol. The largest absolute Gasteiger partial charge is 0.496 e. The van der Waals surface area contributed by atoms with Crippen LogP contribution in [0.3, 0.4) is 0 Å². The van der Waals surface area contributed by atoms with Gasteiger partial charge in [-0.25, -0.2) is 4.98 Å². The highest BCUT2D eigenvalue weighted by Crippen LogP contribution is 2.30. The molecule has 0 saturated carbocycles. The third-order valence-corrected chi connectivity index (χ3v) is 6.26. The Labute approximate surface area is 193 Å². The maximum atomic E-state index is 12.6. The fourth-order valence-corrected chi connectivity index (χ4v) is 4.48. The quantitative estimate of drug-likeness (QED) is 0.413. The molecule has 0 amide bonds. The van der Waals surface area contributed by atoms with Crippen LogP contribution < -0.4 is 4.74 Å². The molecular formula is C26H28N4O3. The summed E-state index contributed by atoms with van der Waals surface area (Å²) >= 11 is 0. The first-order valence-electron chi connectivity index (χ1n) is 11.3. The van der Waals surface area contributed by atoms with Gasteiger partial charge in [0.25, 0.3) is 0 Å². The van der Waals surface area contributed by atoms with E-state index in [1.807, 2.05) is 50.4 Å². The summed E-state index contributed by atoms with van der Waals surface area (Å²) in [7, 11) is 3.48. The number of rotatable bonds is 6. The van der Waals surface area contributed by atoms with Crippen LogP contribution in [0.25, 0.3) is 22.3 Å². The van der Waals surface area contributed by atoms with Crippen LogP contribution in [0.2, 0.25) is 0 Å². The van der Waals surface area contributed by atoms with Gasteiger partial charge in [-0.1, -0.05) is 12.1 Å². The highest BCUT2D eigenvalue weighted by molar-refractivity contribution is 5.77. The van der Waals surface area contributed by atoms with Crippen LogP contribution in [0, 0.1) is 6.92 Å². The van der Waals surface area contributed by atoms with E-state index in [1.54, 1.807) is 11.8 Å². The first-order valence-corrected chi connectivity index (χ1v) is 11.3. The second-order valence-corrected chi connectivity index (χ2v) is 8.65. The fraction of sp³-hybridized carbons (Fsp3) is 0.346. The maximum absolute atomic E-state index is 12.6. The van der Waals surface area contributed by atoms with Gasteiger partial charge in [0, 0.05) is 31.3 Å². The molecule has 7 heteroatoms. The summed E-state index contributed by atoms with van der Waals surface area (Å²) in [5, 5.41) is 4.57. The zero-order valence-corrected chi connectivity index (χ0v) is 19.3. The van der Waals surface area contributed by atoms with Crippen LogP contribution in [-0.4, -0.2) is 32.4 Å². The van der Waals surface area contributed by atoms with Crippen molar-refractivity contribution in [2.45, 2.75) is 45.8 Å². The van der Waals surface area contributed by atoms with Crippen molar-refractivity contribution in [3.63, 3.8) is 0 Å². The Kier molecular flexibility index (Phi) is 5.62. The summed E-state index contributed by atoms with van der Waals surface area (Å²) in [5.41, 5.74) is 6.65. The summed E-state index contributed by atoms with van der Waals surface area (Å²) in [5.74, 6) is 1.63. The Bertz CT molecular complexity index is 1340. The Morgan fingerprint density at radius 1 is 1.12 bits per heavy atom. The number of hydrogen-bond donors (Lipinski definition) is 0. The number of aromatic nitrogens is 4. The van der Waals surface area contributed by atoms with E-state index >= 15 is 0 Å². The zero-order valence-electron chi connectivity index (χ0n) is 19.3. The predicted octanol–water partition coefficient (Wildman–Crippen LogP) is 4.38. The molecule has 170 valence electrons. The molecule has 5 rings (SSSR count). The standard InChI is InChI=1S/C26H28N4O3/c1-17-7-9-20(24(12-17)32-3)21-14-19(29(2)28-21)15-26(31)33-16-18-8-10-23-22(13-18)27-25-6-4-5-11-30(23)25/h7-10,12-14H,4-6,11,15-16H2,1-3H3. The highest BCUT2D eigenvalue weighted by atomic mass is 16.5. The van der Waals surface area contributed by atoms with Gasteiger partial charge in [0.15, 0.2) is 0 Å². The molecule has 0 saturated heterocycles. The normalized spacial score (nSPS) is 13.2. The first-order chi connectivity index (χ1) is 16.0. The minimum atomic E-state index is -0.287. The van der Waals surface area contributed by atoms with Gasteiger partial charge in [0.05, 0.1) is 30.3 Å². The lowest BCUT2D eigenvalue weighted by Gasteiger charge is -2.13. The van der Waals surface area contributed by atoms with Crippen molar-refractivity contribution in [2.75, 3.05) is 7.11 Å². The number of hydrogen-bond acceptors (Lipinski definition) is 5. The van der Waals surface area contributed by atoms with E-state index in [0.717, 1.165) is 63.7 Å². The predicted molar refractivity (Wildman–Crippen MR) is 126 cm³/mol. The molecule has 0 fully saturated rings. The summed E-state index contributed by atoms with van der Waals surface area (Å²) in [6, 6.07) is 14.0. The summed E-state index contributed by atoms with van der Waals surface area (Å²) < 4.78 is 15.1. The molecule has 4 aromatic rings. The van der Waals surface area contributed by atoms with E-state index < -0.39 is 0 Å². The van der Waals surface area contributed by atoms with E-state index in [-0.39, 0.29) is 19.0 Å². The number of carbonyl (C=O) groups excluding carboxylic acids is 1. The Morgan fingerprint density at radius 2 is 2.00 bits per heavy atom. The molecule has 7 nitrogen and oxygen atoms in total. The Balaban J connectivity index is 1.26. The zero-order chi connectivity index (χ0) is 22.9. The third kappa shape index (κ3) is 4.23. The molecule has 33 heavy (non-hydrogen) atoms. The second kappa shape index (κ2) is 8.73. The molecule has 2 aromatic heterocycles.